The number of hydrogen-bond donors (Lipinski definition) is 0. The van der Waals surface area contributed by atoms with Crippen LogP contribution in [0, 0.1) is 12.3 Å². The van der Waals surface area contributed by atoms with Crippen molar-refractivity contribution >= 4 is 34.7 Å². The summed E-state index contributed by atoms with van der Waals surface area (Å²) in [6.07, 6.45) is 3.07. The minimum Gasteiger partial charge on any atom is -0.459 e. The predicted molar refractivity (Wildman–Crippen MR) is 101 cm³/mol. The second-order valence-electron chi connectivity index (χ2n) is 7.81. The normalized spacial score (nSPS) is 24.9. The Morgan fingerprint density at radius 2 is 2.00 bits per heavy atom. The smallest absolute Gasteiger partial charge is 0.327 e. The van der Waals surface area contributed by atoms with E-state index in [0.29, 0.717) is 5.76 Å². The molecule has 5 rings (SSSR count). The molecule has 1 spiro atoms. The number of imide groups is 1. The molecule has 1 aromatic heterocycles. The summed E-state index contributed by atoms with van der Waals surface area (Å²) in [6, 6.07) is 7.42. The van der Waals surface area contributed by atoms with E-state index in [2.05, 4.69) is 0 Å². The maximum atomic E-state index is 13.0. The van der Waals surface area contributed by atoms with Crippen LogP contribution >= 0.6 is 11.8 Å². The molecule has 5 nitrogen and oxygen atoms in total. The minimum absolute atomic E-state index is 0.0510. The Kier molecular flexibility index (Phi) is 3.61. The van der Waals surface area contributed by atoms with Gasteiger partial charge in [-0.2, -0.15) is 11.8 Å². The second kappa shape index (κ2) is 5.78. The molecule has 26 heavy (non-hydrogen) atoms. The van der Waals surface area contributed by atoms with Crippen LogP contribution in [0.5, 0.6) is 0 Å². The molecule has 3 aliphatic heterocycles. The fraction of sp³-hybridized carbons (Fsp3) is 0.500. The summed E-state index contributed by atoms with van der Waals surface area (Å²) >= 11 is 1.98. The van der Waals surface area contributed by atoms with Crippen molar-refractivity contribution in [2.24, 2.45) is 5.41 Å². The monoisotopic (exact) mass is 370 g/mol. The first-order valence-corrected chi connectivity index (χ1v) is 10.4. The molecule has 3 amide bonds. The lowest BCUT2D eigenvalue weighted by molar-refractivity contribution is -0.128. The highest BCUT2D eigenvalue weighted by Crippen LogP contribution is 2.47. The van der Waals surface area contributed by atoms with Gasteiger partial charge in [0.25, 0.3) is 5.91 Å². The molecule has 3 aliphatic rings. The number of amides is 3. The molecule has 0 saturated carbocycles. The number of fused-ring (bicyclic) bond motifs is 2. The summed E-state index contributed by atoms with van der Waals surface area (Å²) in [7, 11) is 0. The third-order valence-corrected chi connectivity index (χ3v) is 7.32. The quantitative estimate of drug-likeness (QED) is 0.755. The van der Waals surface area contributed by atoms with E-state index in [1.54, 1.807) is 0 Å². The van der Waals surface area contributed by atoms with Crippen molar-refractivity contribution in [3.05, 3.63) is 35.6 Å². The third kappa shape index (κ3) is 2.31. The highest BCUT2D eigenvalue weighted by Gasteiger charge is 2.56. The highest BCUT2D eigenvalue weighted by molar-refractivity contribution is 7.99. The lowest BCUT2D eigenvalue weighted by Gasteiger charge is -2.33. The number of para-hydroxylation sites is 1. The topological polar surface area (TPSA) is 53.8 Å². The number of furan rings is 1. The molecular formula is C20H22N2O3S. The number of hydrogen-bond acceptors (Lipinski definition) is 4. The van der Waals surface area contributed by atoms with Crippen LogP contribution in [-0.2, 0) is 11.3 Å². The molecule has 6 heteroatoms. The van der Waals surface area contributed by atoms with E-state index >= 15 is 0 Å². The maximum absolute atomic E-state index is 13.0. The molecule has 2 aromatic rings. The molecule has 0 aliphatic carbocycles. The average molecular weight is 370 g/mol. The lowest BCUT2D eigenvalue weighted by atomic mass is 9.79. The summed E-state index contributed by atoms with van der Waals surface area (Å²) in [5.41, 5.74) is 1.98. The minimum atomic E-state index is -0.268. The van der Waals surface area contributed by atoms with Gasteiger partial charge in [0.2, 0.25) is 0 Å². The number of benzene rings is 1. The van der Waals surface area contributed by atoms with Crippen LogP contribution in [0.1, 0.15) is 30.6 Å². The molecular weight excluding hydrogens is 348 g/mol. The lowest BCUT2D eigenvalue weighted by Crippen LogP contribution is -2.38. The van der Waals surface area contributed by atoms with E-state index in [0.717, 1.165) is 53.8 Å². The standard InChI is InChI=1S/C20H22N2O3S/c1-13-14-4-2-3-5-16(14)25-17(13)11-21-18(23)15-10-20(6-8-26-9-7-20)12-22(15)19(21)24/h2-5,15H,6-12H2,1H3. The van der Waals surface area contributed by atoms with Crippen molar-refractivity contribution in [1.82, 2.24) is 9.80 Å². The van der Waals surface area contributed by atoms with Crippen LogP contribution in [0.3, 0.4) is 0 Å². The Hall–Kier alpha value is -1.95. The van der Waals surface area contributed by atoms with E-state index in [-0.39, 0.29) is 29.9 Å². The van der Waals surface area contributed by atoms with Crippen LogP contribution in [0.4, 0.5) is 4.79 Å². The van der Waals surface area contributed by atoms with E-state index < -0.39 is 0 Å². The van der Waals surface area contributed by atoms with Gasteiger partial charge in [-0.15, -0.1) is 0 Å². The second-order valence-corrected chi connectivity index (χ2v) is 9.04. The summed E-state index contributed by atoms with van der Waals surface area (Å²) < 4.78 is 5.92. The number of urea groups is 1. The number of carbonyl (C=O) groups excluding carboxylic acids is 2. The molecule has 136 valence electrons. The van der Waals surface area contributed by atoms with Crippen LogP contribution in [0.15, 0.2) is 28.7 Å². The van der Waals surface area contributed by atoms with Gasteiger partial charge in [-0.25, -0.2) is 4.79 Å². The van der Waals surface area contributed by atoms with E-state index in [9.17, 15) is 9.59 Å². The van der Waals surface area contributed by atoms with Crippen molar-refractivity contribution in [2.75, 3.05) is 18.1 Å². The maximum Gasteiger partial charge on any atom is 0.327 e. The number of rotatable bonds is 2. The fourth-order valence-electron chi connectivity index (χ4n) is 4.74. The molecule has 0 bridgehead atoms. The Morgan fingerprint density at radius 3 is 2.73 bits per heavy atom. The fourth-order valence-corrected chi connectivity index (χ4v) is 6.10. The van der Waals surface area contributed by atoms with Gasteiger partial charge in [0, 0.05) is 17.5 Å². The van der Waals surface area contributed by atoms with Gasteiger partial charge >= 0.3 is 6.03 Å². The third-order valence-electron chi connectivity index (χ3n) is 6.33. The van der Waals surface area contributed by atoms with Crippen molar-refractivity contribution < 1.29 is 14.0 Å². The van der Waals surface area contributed by atoms with Crippen LogP contribution in [0.25, 0.3) is 11.0 Å². The number of carbonyl (C=O) groups is 2. The van der Waals surface area contributed by atoms with Crippen molar-refractivity contribution in [2.45, 2.75) is 38.8 Å². The highest BCUT2D eigenvalue weighted by atomic mass is 32.2. The van der Waals surface area contributed by atoms with Crippen molar-refractivity contribution in [3.63, 3.8) is 0 Å². The van der Waals surface area contributed by atoms with E-state index in [1.807, 2.05) is 47.9 Å². The Bertz CT molecular complexity index is 874. The van der Waals surface area contributed by atoms with Gasteiger partial charge in [-0.1, -0.05) is 18.2 Å². The Labute approximate surface area is 156 Å². The summed E-state index contributed by atoms with van der Waals surface area (Å²) in [4.78, 5) is 29.1. The Balaban J connectivity index is 1.39. The van der Waals surface area contributed by atoms with Crippen molar-refractivity contribution in [3.8, 4) is 0 Å². The number of thioether (sulfide) groups is 1. The summed E-state index contributed by atoms with van der Waals surface area (Å²) in [5.74, 6) is 2.94. The van der Waals surface area contributed by atoms with Gasteiger partial charge in [0.05, 0.1) is 6.54 Å². The van der Waals surface area contributed by atoms with Crippen LogP contribution in [-0.4, -0.2) is 45.8 Å². The van der Waals surface area contributed by atoms with Gasteiger partial charge in [0.1, 0.15) is 17.4 Å². The largest absolute Gasteiger partial charge is 0.459 e. The van der Waals surface area contributed by atoms with Gasteiger partial charge in [-0.05, 0) is 49.2 Å². The molecule has 0 N–H and O–H groups in total. The van der Waals surface area contributed by atoms with E-state index in [1.165, 1.54) is 4.90 Å². The van der Waals surface area contributed by atoms with Crippen LogP contribution in [0.2, 0.25) is 0 Å². The first-order valence-electron chi connectivity index (χ1n) is 9.25. The van der Waals surface area contributed by atoms with Crippen LogP contribution < -0.4 is 0 Å². The first-order chi connectivity index (χ1) is 12.6. The molecule has 4 heterocycles. The van der Waals surface area contributed by atoms with Gasteiger partial charge in [-0.3, -0.25) is 9.69 Å². The van der Waals surface area contributed by atoms with Crippen molar-refractivity contribution in [1.29, 1.82) is 0 Å². The predicted octanol–water partition coefficient (Wildman–Crippen LogP) is 3.79. The van der Waals surface area contributed by atoms with Gasteiger partial charge in [0.15, 0.2) is 0 Å². The zero-order valence-electron chi connectivity index (χ0n) is 14.9. The first kappa shape index (κ1) is 16.2. The molecule has 1 unspecified atom stereocenters. The molecule has 0 radical (unpaired) electrons. The number of nitrogens with zero attached hydrogens (tertiary/aromatic N) is 2. The zero-order valence-corrected chi connectivity index (χ0v) is 15.7. The SMILES string of the molecule is Cc1c(CN2C(=O)C3CC4(CCSCC4)CN3C2=O)oc2ccccc12. The molecule has 3 fully saturated rings. The molecule has 1 atom stereocenters. The number of aryl methyl sites for hydroxylation is 1. The summed E-state index contributed by atoms with van der Waals surface area (Å²) in [6.45, 7) is 2.95. The van der Waals surface area contributed by atoms with E-state index in [4.69, 9.17) is 4.42 Å². The van der Waals surface area contributed by atoms with Gasteiger partial charge < -0.3 is 9.32 Å². The molecule has 3 saturated heterocycles. The summed E-state index contributed by atoms with van der Waals surface area (Å²) in [5, 5.41) is 1.04. The Morgan fingerprint density at radius 1 is 1.23 bits per heavy atom. The average Bonchev–Trinajstić information content (AvgIpc) is 3.24. The zero-order chi connectivity index (χ0) is 17.9. The molecule has 1 aromatic carbocycles.